The topological polar surface area (TPSA) is 37.9 Å². The Morgan fingerprint density at radius 3 is 2.85 bits per heavy atom. The molecule has 0 fully saturated rings. The molecule has 0 aliphatic carbocycles. The van der Waals surface area contributed by atoms with Crippen molar-refractivity contribution >= 4 is 27.0 Å². The molecule has 0 aliphatic heterocycles. The number of fused-ring (bicyclic) bond motifs is 1. The largest absolute Gasteiger partial charge is 0.480 e. The lowest BCUT2D eigenvalue weighted by molar-refractivity contribution is 0.368. The number of terminal acetylenes is 1. The van der Waals surface area contributed by atoms with Crippen LogP contribution in [0.5, 0.6) is 5.75 Å². The summed E-state index contributed by atoms with van der Waals surface area (Å²) in [5.41, 5.74) is 2.96. The summed E-state index contributed by atoms with van der Waals surface area (Å²) in [4.78, 5) is 7.86. The number of H-pyrrole nitrogens is 1. The molecule has 3 aromatic rings. The van der Waals surface area contributed by atoms with E-state index in [1.807, 2.05) is 42.5 Å². The van der Waals surface area contributed by atoms with Gasteiger partial charge in [-0.25, -0.2) is 4.98 Å². The van der Waals surface area contributed by atoms with Crippen LogP contribution in [0.15, 0.2) is 46.9 Å². The highest BCUT2D eigenvalue weighted by Crippen LogP contribution is 2.30. The van der Waals surface area contributed by atoms with Crippen LogP contribution in [-0.4, -0.2) is 16.6 Å². The average Bonchev–Trinajstić information content (AvgIpc) is 2.90. The zero-order valence-electron chi connectivity index (χ0n) is 10.6. The van der Waals surface area contributed by atoms with E-state index in [1.165, 1.54) is 0 Å². The summed E-state index contributed by atoms with van der Waals surface area (Å²) in [5, 5.41) is 0. The van der Waals surface area contributed by atoms with Gasteiger partial charge in [0.05, 0.1) is 15.5 Å². The van der Waals surface area contributed by atoms with Crippen molar-refractivity contribution in [3.63, 3.8) is 0 Å². The second-order valence-electron chi connectivity index (χ2n) is 4.24. The van der Waals surface area contributed by atoms with Crippen LogP contribution < -0.4 is 4.74 Å². The first-order valence-corrected chi connectivity index (χ1v) is 6.88. The van der Waals surface area contributed by atoms with Gasteiger partial charge in [0.25, 0.3) is 0 Å². The van der Waals surface area contributed by atoms with E-state index in [1.54, 1.807) is 0 Å². The number of nitrogens with zero attached hydrogens (tertiary/aromatic N) is 1. The van der Waals surface area contributed by atoms with Crippen molar-refractivity contribution in [1.29, 1.82) is 0 Å². The Balaban J connectivity index is 1.98. The van der Waals surface area contributed by atoms with E-state index in [0.717, 1.165) is 32.6 Å². The summed E-state index contributed by atoms with van der Waals surface area (Å²) in [6.07, 6.45) is 5.19. The quantitative estimate of drug-likeness (QED) is 0.738. The molecule has 0 radical (unpaired) electrons. The maximum absolute atomic E-state index is 5.42. The monoisotopic (exact) mass is 326 g/mol. The minimum Gasteiger partial charge on any atom is -0.480 e. The molecule has 98 valence electrons. The van der Waals surface area contributed by atoms with Gasteiger partial charge < -0.3 is 9.72 Å². The van der Waals surface area contributed by atoms with Gasteiger partial charge in [0.15, 0.2) is 0 Å². The van der Waals surface area contributed by atoms with Gasteiger partial charge in [-0.15, -0.1) is 6.42 Å². The van der Waals surface area contributed by atoms with Crippen LogP contribution in [0.2, 0.25) is 0 Å². The van der Waals surface area contributed by atoms with Gasteiger partial charge in [-0.3, -0.25) is 0 Å². The third kappa shape index (κ3) is 2.40. The molecule has 0 bridgehead atoms. The number of hydrogen-bond acceptors (Lipinski definition) is 2. The second-order valence-corrected chi connectivity index (χ2v) is 5.09. The lowest BCUT2D eigenvalue weighted by Crippen LogP contribution is -1.94. The predicted molar refractivity (Wildman–Crippen MR) is 83.6 cm³/mol. The first-order valence-electron chi connectivity index (χ1n) is 6.09. The summed E-state index contributed by atoms with van der Waals surface area (Å²) in [5.74, 6) is 4.00. The molecule has 0 unspecified atom stereocenters. The fourth-order valence-electron chi connectivity index (χ4n) is 1.97. The van der Waals surface area contributed by atoms with Gasteiger partial charge in [-0.2, -0.15) is 0 Å². The van der Waals surface area contributed by atoms with Crippen molar-refractivity contribution in [2.45, 2.75) is 0 Å². The number of benzene rings is 2. The Kier molecular flexibility index (Phi) is 3.44. The van der Waals surface area contributed by atoms with Crippen LogP contribution in [-0.2, 0) is 0 Å². The minimum atomic E-state index is 0.253. The molecule has 4 heteroatoms. The van der Waals surface area contributed by atoms with Crippen molar-refractivity contribution in [2.75, 3.05) is 6.61 Å². The van der Waals surface area contributed by atoms with E-state index in [2.05, 4.69) is 31.8 Å². The summed E-state index contributed by atoms with van der Waals surface area (Å²) in [6, 6.07) is 13.7. The fourth-order valence-corrected chi connectivity index (χ4v) is 2.47. The van der Waals surface area contributed by atoms with Crippen molar-refractivity contribution in [2.24, 2.45) is 0 Å². The highest BCUT2D eigenvalue weighted by Gasteiger charge is 2.08. The third-order valence-electron chi connectivity index (χ3n) is 2.91. The van der Waals surface area contributed by atoms with Gasteiger partial charge in [-0.1, -0.05) is 18.1 Å². The number of imidazole rings is 1. The molecule has 3 rings (SSSR count). The lowest BCUT2D eigenvalue weighted by Gasteiger charge is -2.06. The highest BCUT2D eigenvalue weighted by molar-refractivity contribution is 9.10. The Labute approximate surface area is 125 Å². The number of aromatic nitrogens is 2. The number of para-hydroxylation sites is 2. The molecule has 0 spiro atoms. The molecular formula is C16H11BrN2O. The molecule has 1 aromatic heterocycles. The molecular weight excluding hydrogens is 316 g/mol. The van der Waals surface area contributed by atoms with E-state index < -0.39 is 0 Å². The van der Waals surface area contributed by atoms with Crippen LogP contribution in [0, 0.1) is 12.3 Å². The Bertz CT molecular complexity index is 769. The smallest absolute Gasteiger partial charge is 0.148 e. The molecule has 20 heavy (non-hydrogen) atoms. The molecule has 3 nitrogen and oxygen atoms in total. The van der Waals surface area contributed by atoms with Crippen molar-refractivity contribution < 1.29 is 4.74 Å². The van der Waals surface area contributed by atoms with E-state index in [4.69, 9.17) is 11.2 Å². The minimum absolute atomic E-state index is 0.253. The molecule has 0 saturated carbocycles. The molecule has 1 N–H and O–H groups in total. The zero-order valence-corrected chi connectivity index (χ0v) is 12.1. The van der Waals surface area contributed by atoms with E-state index >= 15 is 0 Å². The summed E-state index contributed by atoms with van der Waals surface area (Å²) in [7, 11) is 0. The second kappa shape index (κ2) is 5.40. The Morgan fingerprint density at radius 1 is 1.25 bits per heavy atom. The predicted octanol–water partition coefficient (Wildman–Crippen LogP) is 4.00. The van der Waals surface area contributed by atoms with Crippen molar-refractivity contribution in [3.05, 3.63) is 46.9 Å². The third-order valence-corrected chi connectivity index (χ3v) is 3.53. The van der Waals surface area contributed by atoms with Crippen LogP contribution in [0.3, 0.4) is 0 Å². The number of rotatable bonds is 3. The van der Waals surface area contributed by atoms with Crippen LogP contribution >= 0.6 is 15.9 Å². The summed E-state index contributed by atoms with van der Waals surface area (Å²) >= 11 is 3.48. The van der Waals surface area contributed by atoms with Crippen LogP contribution in [0.25, 0.3) is 22.4 Å². The van der Waals surface area contributed by atoms with Gasteiger partial charge in [0.1, 0.15) is 18.2 Å². The molecule has 0 saturated heterocycles. The molecule has 2 aromatic carbocycles. The van der Waals surface area contributed by atoms with E-state index in [-0.39, 0.29) is 6.61 Å². The Morgan fingerprint density at radius 2 is 2.10 bits per heavy atom. The van der Waals surface area contributed by atoms with E-state index in [0.29, 0.717) is 0 Å². The normalized spacial score (nSPS) is 10.4. The van der Waals surface area contributed by atoms with Gasteiger partial charge in [-0.05, 0) is 46.3 Å². The molecule has 1 heterocycles. The lowest BCUT2D eigenvalue weighted by atomic mass is 10.2. The number of aromatic amines is 1. The number of halogens is 1. The fraction of sp³-hybridized carbons (Fsp3) is 0.0625. The van der Waals surface area contributed by atoms with Gasteiger partial charge >= 0.3 is 0 Å². The number of ether oxygens (including phenoxy) is 1. The van der Waals surface area contributed by atoms with E-state index in [9.17, 15) is 0 Å². The maximum atomic E-state index is 5.42. The molecule has 0 amide bonds. The molecule has 0 aliphatic rings. The van der Waals surface area contributed by atoms with Crippen molar-refractivity contribution in [1.82, 2.24) is 9.97 Å². The van der Waals surface area contributed by atoms with Crippen LogP contribution in [0.1, 0.15) is 0 Å². The molecule has 0 atom stereocenters. The first kappa shape index (κ1) is 12.8. The van der Waals surface area contributed by atoms with Gasteiger partial charge in [0, 0.05) is 5.56 Å². The summed E-state index contributed by atoms with van der Waals surface area (Å²) < 4.78 is 6.27. The number of nitrogens with one attached hydrogen (secondary N) is 1. The number of hydrogen-bond donors (Lipinski definition) is 1. The van der Waals surface area contributed by atoms with Crippen LogP contribution in [0.4, 0.5) is 0 Å². The Hall–Kier alpha value is -2.25. The van der Waals surface area contributed by atoms with Gasteiger partial charge in [0.2, 0.25) is 0 Å². The zero-order chi connectivity index (χ0) is 13.9. The summed E-state index contributed by atoms with van der Waals surface area (Å²) in [6.45, 7) is 0.253. The first-order chi connectivity index (χ1) is 9.78. The SMILES string of the molecule is C#CCOc1ccc(-c2nc3ccccc3[nH]2)cc1Br. The average molecular weight is 327 g/mol. The standard InChI is InChI=1S/C16H11BrN2O/c1-2-9-20-15-8-7-11(10-12(15)17)16-18-13-5-3-4-6-14(13)19-16/h1,3-8,10H,9H2,(H,18,19). The highest BCUT2D eigenvalue weighted by atomic mass is 79.9. The maximum Gasteiger partial charge on any atom is 0.148 e. The van der Waals surface area contributed by atoms with Crippen molar-refractivity contribution in [3.8, 4) is 29.5 Å².